The summed E-state index contributed by atoms with van der Waals surface area (Å²) in [6.07, 6.45) is 4.61. The van der Waals surface area contributed by atoms with Crippen LogP contribution in [0.2, 0.25) is 0 Å². The van der Waals surface area contributed by atoms with E-state index >= 15 is 0 Å². The van der Waals surface area contributed by atoms with Crippen LogP contribution >= 0.6 is 11.3 Å². The van der Waals surface area contributed by atoms with Crippen molar-refractivity contribution in [2.24, 2.45) is 0 Å². The molecule has 0 atom stereocenters. The van der Waals surface area contributed by atoms with Crippen molar-refractivity contribution in [2.45, 2.75) is 38.5 Å². The summed E-state index contributed by atoms with van der Waals surface area (Å²) < 4.78 is 5.77. The van der Waals surface area contributed by atoms with Crippen LogP contribution < -0.4 is 4.74 Å². The van der Waals surface area contributed by atoms with Gasteiger partial charge in [0.05, 0.1) is 12.0 Å². The van der Waals surface area contributed by atoms with Gasteiger partial charge in [0.25, 0.3) is 5.91 Å². The molecule has 2 fully saturated rings. The molecule has 2 aliphatic rings. The number of thiophene rings is 1. The number of aryl methyl sites for hydroxylation is 1. The number of benzene rings is 1. The van der Waals surface area contributed by atoms with E-state index in [1.807, 2.05) is 11.8 Å². The van der Waals surface area contributed by atoms with Gasteiger partial charge in [-0.05, 0) is 87.5 Å². The number of hydrogen-bond acceptors (Lipinski definition) is 4. The maximum atomic E-state index is 12.8. The molecule has 0 N–H and O–H groups in total. The Bertz CT molecular complexity index is 846. The van der Waals surface area contributed by atoms with Gasteiger partial charge in [-0.1, -0.05) is 12.1 Å². The van der Waals surface area contributed by atoms with Gasteiger partial charge in [-0.15, -0.1) is 11.3 Å². The van der Waals surface area contributed by atoms with Gasteiger partial charge in [0, 0.05) is 18.0 Å². The second-order valence-corrected chi connectivity index (χ2v) is 9.21. The molecule has 2 aromatic rings. The molecule has 4 nitrogen and oxygen atoms in total. The van der Waals surface area contributed by atoms with Crippen molar-refractivity contribution in [3.63, 3.8) is 0 Å². The van der Waals surface area contributed by atoms with E-state index in [1.165, 1.54) is 18.4 Å². The van der Waals surface area contributed by atoms with Crippen LogP contribution in [-0.4, -0.2) is 56.0 Å². The van der Waals surface area contributed by atoms with E-state index in [4.69, 9.17) is 4.74 Å². The molecule has 150 valence electrons. The van der Waals surface area contributed by atoms with Crippen molar-refractivity contribution >= 4 is 17.2 Å². The van der Waals surface area contributed by atoms with Crippen LogP contribution in [0.15, 0.2) is 24.3 Å². The van der Waals surface area contributed by atoms with Crippen LogP contribution in [0.4, 0.5) is 0 Å². The predicted octanol–water partition coefficient (Wildman–Crippen LogP) is 4.78. The molecule has 28 heavy (non-hydrogen) atoms. The van der Waals surface area contributed by atoms with Crippen molar-refractivity contribution in [1.82, 2.24) is 9.80 Å². The first kappa shape index (κ1) is 19.5. The van der Waals surface area contributed by atoms with Crippen molar-refractivity contribution in [2.75, 3.05) is 40.3 Å². The normalized spacial score (nSPS) is 18.6. The summed E-state index contributed by atoms with van der Waals surface area (Å²) >= 11 is 1.62. The van der Waals surface area contributed by atoms with Crippen molar-refractivity contribution in [3.8, 4) is 16.2 Å². The number of hydrogen-bond donors (Lipinski definition) is 0. The van der Waals surface area contributed by atoms with Crippen LogP contribution in [0.5, 0.6) is 5.75 Å². The van der Waals surface area contributed by atoms with Crippen molar-refractivity contribution in [1.29, 1.82) is 0 Å². The molecule has 1 amide bonds. The molecule has 1 aromatic carbocycles. The fraction of sp³-hybridized carbons (Fsp3) is 0.522. The van der Waals surface area contributed by atoms with Gasteiger partial charge in [-0.2, -0.15) is 0 Å². The van der Waals surface area contributed by atoms with Gasteiger partial charge in [-0.3, -0.25) is 4.79 Å². The van der Waals surface area contributed by atoms with Gasteiger partial charge in [0.1, 0.15) is 5.75 Å². The SMILES string of the molecule is COc1cc(-c2cc(C)c(C(=O)N3CCCC3)s2)ccc1C1CCN(C)CC1. The average Bonchev–Trinajstić information content (AvgIpc) is 3.38. The van der Waals surface area contributed by atoms with Crippen molar-refractivity contribution in [3.05, 3.63) is 40.3 Å². The number of nitrogens with zero attached hydrogens (tertiary/aromatic N) is 2. The molecule has 0 unspecified atom stereocenters. The van der Waals surface area contributed by atoms with E-state index in [-0.39, 0.29) is 5.91 Å². The second-order valence-electron chi connectivity index (χ2n) is 8.16. The molecule has 3 heterocycles. The summed E-state index contributed by atoms with van der Waals surface area (Å²) in [7, 11) is 3.95. The summed E-state index contributed by atoms with van der Waals surface area (Å²) in [4.78, 5) is 19.2. The zero-order chi connectivity index (χ0) is 19.7. The lowest BCUT2D eigenvalue weighted by Crippen LogP contribution is -2.29. The summed E-state index contributed by atoms with van der Waals surface area (Å²) in [5.41, 5.74) is 3.54. The molecule has 0 aliphatic carbocycles. The average molecular weight is 399 g/mol. The Kier molecular flexibility index (Phi) is 5.74. The first-order chi connectivity index (χ1) is 13.6. The molecular weight excluding hydrogens is 368 g/mol. The number of carbonyl (C=O) groups excluding carboxylic acids is 1. The van der Waals surface area contributed by atoms with Crippen LogP contribution in [0.25, 0.3) is 10.4 Å². The standard InChI is InChI=1S/C23H30N2O2S/c1-16-14-21(28-22(16)23(26)25-10-4-5-11-25)18-6-7-19(20(15-18)27-3)17-8-12-24(2)13-9-17/h6-7,14-15,17H,4-5,8-13H2,1-3H3. The molecule has 1 aromatic heterocycles. The molecule has 4 rings (SSSR count). The van der Waals surface area contributed by atoms with E-state index in [2.05, 4.69) is 36.2 Å². The first-order valence-electron chi connectivity index (χ1n) is 10.3. The Morgan fingerprint density at radius 3 is 2.50 bits per heavy atom. The van der Waals surface area contributed by atoms with E-state index in [1.54, 1.807) is 18.4 Å². The minimum absolute atomic E-state index is 0.196. The maximum Gasteiger partial charge on any atom is 0.264 e. The van der Waals surface area contributed by atoms with E-state index in [9.17, 15) is 4.79 Å². The number of ether oxygens (including phenoxy) is 1. The Hall–Kier alpha value is -1.85. The lowest BCUT2D eigenvalue weighted by atomic mass is 9.88. The highest BCUT2D eigenvalue weighted by Gasteiger charge is 2.24. The molecule has 0 saturated carbocycles. The van der Waals surface area contributed by atoms with Gasteiger partial charge in [0.15, 0.2) is 0 Å². The Morgan fingerprint density at radius 1 is 1.11 bits per heavy atom. The first-order valence-corrected chi connectivity index (χ1v) is 11.1. The minimum atomic E-state index is 0.196. The Labute approximate surface area is 172 Å². The summed E-state index contributed by atoms with van der Waals surface area (Å²) in [5.74, 6) is 1.74. The highest BCUT2D eigenvalue weighted by atomic mass is 32.1. The zero-order valence-electron chi connectivity index (χ0n) is 17.2. The zero-order valence-corrected chi connectivity index (χ0v) is 18.0. The highest BCUT2D eigenvalue weighted by Crippen LogP contribution is 2.39. The van der Waals surface area contributed by atoms with Gasteiger partial charge in [0.2, 0.25) is 0 Å². The van der Waals surface area contributed by atoms with Crippen LogP contribution in [0, 0.1) is 6.92 Å². The molecular formula is C23H30N2O2S. The quantitative estimate of drug-likeness (QED) is 0.743. The second kappa shape index (κ2) is 8.26. The third-order valence-electron chi connectivity index (χ3n) is 6.18. The molecule has 0 radical (unpaired) electrons. The summed E-state index contributed by atoms with van der Waals surface area (Å²) in [5, 5.41) is 0. The number of likely N-dealkylation sites (tertiary alicyclic amines) is 2. The fourth-order valence-electron chi connectivity index (χ4n) is 4.42. The smallest absolute Gasteiger partial charge is 0.264 e. The highest BCUT2D eigenvalue weighted by molar-refractivity contribution is 7.17. The molecule has 5 heteroatoms. The summed E-state index contributed by atoms with van der Waals surface area (Å²) in [6.45, 7) is 6.12. The van der Waals surface area contributed by atoms with E-state index in [0.717, 1.165) is 65.7 Å². The van der Waals surface area contributed by atoms with Crippen LogP contribution in [0.3, 0.4) is 0 Å². The summed E-state index contributed by atoms with van der Waals surface area (Å²) in [6, 6.07) is 8.74. The maximum absolute atomic E-state index is 12.8. The number of amides is 1. The van der Waals surface area contributed by atoms with Crippen LogP contribution in [-0.2, 0) is 0 Å². The Morgan fingerprint density at radius 2 is 1.82 bits per heavy atom. The number of rotatable bonds is 4. The van der Waals surface area contributed by atoms with E-state index in [0.29, 0.717) is 5.92 Å². The van der Waals surface area contributed by atoms with Gasteiger partial charge >= 0.3 is 0 Å². The lowest BCUT2D eigenvalue weighted by molar-refractivity contribution is 0.0797. The predicted molar refractivity (Wildman–Crippen MR) is 116 cm³/mol. The molecule has 2 saturated heterocycles. The van der Waals surface area contributed by atoms with Gasteiger partial charge in [-0.25, -0.2) is 0 Å². The number of methoxy groups -OCH3 is 1. The van der Waals surface area contributed by atoms with E-state index < -0.39 is 0 Å². The number of piperidine rings is 1. The topological polar surface area (TPSA) is 32.8 Å². The third-order valence-corrected chi connectivity index (χ3v) is 7.46. The molecule has 0 spiro atoms. The van der Waals surface area contributed by atoms with Crippen molar-refractivity contribution < 1.29 is 9.53 Å². The van der Waals surface area contributed by atoms with Gasteiger partial charge < -0.3 is 14.5 Å². The lowest BCUT2D eigenvalue weighted by Gasteiger charge is -2.30. The van der Waals surface area contributed by atoms with Crippen LogP contribution in [0.1, 0.15) is 52.4 Å². The largest absolute Gasteiger partial charge is 0.496 e. The number of carbonyl (C=O) groups is 1. The molecule has 2 aliphatic heterocycles. The monoisotopic (exact) mass is 398 g/mol. The Balaban J connectivity index is 1.59. The third kappa shape index (κ3) is 3.83. The molecule has 0 bridgehead atoms. The fourth-order valence-corrected chi connectivity index (χ4v) is 5.56. The minimum Gasteiger partial charge on any atom is -0.496 e.